The number of methoxy groups -OCH3 is 2. The number of ether oxygens (including phenoxy) is 3. The van der Waals surface area contributed by atoms with E-state index in [1.165, 1.54) is 0 Å². The third kappa shape index (κ3) is 3.34. The summed E-state index contributed by atoms with van der Waals surface area (Å²) in [6, 6.07) is 16.0. The maximum absolute atomic E-state index is 12.2. The number of piperidine rings is 1. The van der Waals surface area contributed by atoms with Crippen LogP contribution in [0.5, 0.6) is 11.5 Å². The van der Waals surface area contributed by atoms with Crippen molar-refractivity contribution in [1.82, 2.24) is 10.2 Å². The second-order valence-electron chi connectivity index (χ2n) is 7.31. The highest BCUT2D eigenvalue weighted by Gasteiger charge is 2.49. The number of nitrogens with one attached hydrogen (secondary N) is 1. The molecule has 2 heterocycles. The number of carbonyl (C=O) groups excluding carboxylic acids is 1. The van der Waals surface area contributed by atoms with Crippen LogP contribution < -0.4 is 14.8 Å². The van der Waals surface area contributed by atoms with Crippen molar-refractivity contribution in [2.24, 2.45) is 0 Å². The molecule has 0 unspecified atom stereocenters. The lowest BCUT2D eigenvalue weighted by Gasteiger charge is -2.50. The second kappa shape index (κ2) is 7.81. The number of rotatable bonds is 5. The van der Waals surface area contributed by atoms with Gasteiger partial charge in [0.1, 0.15) is 18.1 Å². The molecule has 0 radical (unpaired) electrons. The van der Waals surface area contributed by atoms with Gasteiger partial charge in [-0.2, -0.15) is 0 Å². The van der Waals surface area contributed by atoms with Gasteiger partial charge in [0.25, 0.3) is 0 Å². The Balaban J connectivity index is 1.59. The molecule has 2 aliphatic rings. The summed E-state index contributed by atoms with van der Waals surface area (Å²) in [6.07, 6.45) is 0.673. The molecule has 2 atom stereocenters. The molecule has 28 heavy (non-hydrogen) atoms. The standard InChI is InChI=1S/C22H26N2O4/c1-26-18-9-6-10-19(27-2)17(18)13-24-12-11-22(16-7-4-3-5-8-16)20(14-24)28-15-21(25)23-22/h3-10,20H,11-15H2,1-2H3,(H,23,25)/t20-,22+/m1/s1. The Hall–Kier alpha value is -2.57. The predicted molar refractivity (Wildman–Crippen MR) is 105 cm³/mol. The number of benzene rings is 2. The van der Waals surface area contributed by atoms with Gasteiger partial charge in [-0.3, -0.25) is 9.69 Å². The van der Waals surface area contributed by atoms with Crippen LogP contribution in [0.25, 0.3) is 0 Å². The molecule has 0 saturated carbocycles. The van der Waals surface area contributed by atoms with Gasteiger partial charge in [0, 0.05) is 19.6 Å². The normalized spacial score (nSPS) is 24.9. The maximum Gasteiger partial charge on any atom is 0.246 e. The molecule has 0 spiro atoms. The Labute approximate surface area is 165 Å². The Kier molecular flexibility index (Phi) is 5.24. The van der Waals surface area contributed by atoms with Gasteiger partial charge in [0.15, 0.2) is 0 Å². The van der Waals surface area contributed by atoms with Gasteiger partial charge >= 0.3 is 0 Å². The molecule has 6 heteroatoms. The molecule has 1 N–H and O–H groups in total. The Morgan fingerprint density at radius 1 is 1.11 bits per heavy atom. The molecule has 6 nitrogen and oxygen atoms in total. The number of nitrogens with zero attached hydrogens (tertiary/aromatic N) is 1. The smallest absolute Gasteiger partial charge is 0.246 e. The molecule has 0 bridgehead atoms. The molecule has 2 saturated heterocycles. The zero-order valence-electron chi connectivity index (χ0n) is 16.3. The minimum Gasteiger partial charge on any atom is -0.496 e. The van der Waals surface area contributed by atoms with Crippen molar-refractivity contribution in [1.29, 1.82) is 0 Å². The summed E-state index contributed by atoms with van der Waals surface area (Å²) in [5.41, 5.74) is 1.65. The lowest BCUT2D eigenvalue weighted by Crippen LogP contribution is -2.66. The van der Waals surface area contributed by atoms with Gasteiger partial charge in [0.2, 0.25) is 5.91 Å². The Bertz CT molecular complexity index is 819. The number of amides is 1. The highest BCUT2D eigenvalue weighted by molar-refractivity contribution is 5.79. The van der Waals surface area contributed by atoms with Crippen molar-refractivity contribution in [2.45, 2.75) is 24.6 Å². The fourth-order valence-electron chi connectivity index (χ4n) is 4.37. The first kappa shape index (κ1) is 18.8. The molecule has 148 valence electrons. The van der Waals surface area contributed by atoms with Crippen LogP contribution in [-0.4, -0.2) is 50.8 Å². The van der Waals surface area contributed by atoms with Crippen molar-refractivity contribution in [3.63, 3.8) is 0 Å². The summed E-state index contributed by atoms with van der Waals surface area (Å²) in [7, 11) is 3.35. The fourth-order valence-corrected chi connectivity index (χ4v) is 4.37. The van der Waals surface area contributed by atoms with E-state index in [4.69, 9.17) is 14.2 Å². The van der Waals surface area contributed by atoms with E-state index < -0.39 is 5.54 Å². The average molecular weight is 382 g/mol. The average Bonchev–Trinajstić information content (AvgIpc) is 2.74. The van der Waals surface area contributed by atoms with Crippen LogP contribution in [0, 0.1) is 0 Å². The molecule has 2 aliphatic heterocycles. The first-order chi connectivity index (χ1) is 13.7. The van der Waals surface area contributed by atoms with Crippen LogP contribution in [0.15, 0.2) is 48.5 Å². The molecule has 1 amide bonds. The highest BCUT2D eigenvalue weighted by Crippen LogP contribution is 2.38. The van der Waals surface area contributed by atoms with Crippen LogP contribution in [0.1, 0.15) is 17.5 Å². The summed E-state index contributed by atoms with van der Waals surface area (Å²) in [5.74, 6) is 1.58. The number of fused-ring (bicyclic) bond motifs is 1. The third-order valence-corrected chi connectivity index (χ3v) is 5.77. The molecule has 0 aromatic heterocycles. The molecule has 2 aromatic carbocycles. The van der Waals surface area contributed by atoms with Crippen LogP contribution in [-0.2, 0) is 21.6 Å². The molecular formula is C22H26N2O4. The minimum atomic E-state index is -0.474. The van der Waals surface area contributed by atoms with Gasteiger partial charge in [-0.25, -0.2) is 0 Å². The summed E-state index contributed by atoms with van der Waals surface area (Å²) in [6.45, 7) is 2.35. The quantitative estimate of drug-likeness (QED) is 0.860. The Morgan fingerprint density at radius 2 is 1.82 bits per heavy atom. The largest absolute Gasteiger partial charge is 0.496 e. The van der Waals surface area contributed by atoms with E-state index in [1.807, 2.05) is 36.4 Å². The lowest BCUT2D eigenvalue weighted by atomic mass is 9.77. The number of morpholine rings is 1. The Morgan fingerprint density at radius 3 is 2.50 bits per heavy atom. The van der Waals surface area contributed by atoms with Crippen molar-refractivity contribution in [3.8, 4) is 11.5 Å². The van der Waals surface area contributed by atoms with Gasteiger partial charge in [-0.1, -0.05) is 36.4 Å². The van der Waals surface area contributed by atoms with Crippen LogP contribution in [0.4, 0.5) is 0 Å². The summed E-state index contributed by atoms with van der Waals surface area (Å²) < 4.78 is 17.1. The highest BCUT2D eigenvalue weighted by atomic mass is 16.5. The van der Waals surface area contributed by atoms with Crippen molar-refractivity contribution < 1.29 is 19.0 Å². The van der Waals surface area contributed by atoms with Crippen LogP contribution >= 0.6 is 0 Å². The van der Waals surface area contributed by atoms with E-state index in [9.17, 15) is 4.79 Å². The summed E-state index contributed by atoms with van der Waals surface area (Å²) in [4.78, 5) is 14.5. The number of likely N-dealkylation sites (tertiary alicyclic amines) is 1. The first-order valence-corrected chi connectivity index (χ1v) is 9.56. The third-order valence-electron chi connectivity index (χ3n) is 5.77. The first-order valence-electron chi connectivity index (χ1n) is 9.56. The molecule has 2 fully saturated rings. The van der Waals surface area contributed by atoms with E-state index in [-0.39, 0.29) is 18.6 Å². The summed E-state index contributed by atoms with van der Waals surface area (Å²) >= 11 is 0. The van der Waals surface area contributed by atoms with Gasteiger partial charge < -0.3 is 19.5 Å². The van der Waals surface area contributed by atoms with E-state index >= 15 is 0 Å². The monoisotopic (exact) mass is 382 g/mol. The SMILES string of the molecule is COc1cccc(OC)c1CN1CC[C@@]2(c3ccccc3)NC(=O)CO[C@@H]2C1. The zero-order chi connectivity index (χ0) is 19.6. The van der Waals surface area contributed by atoms with E-state index in [1.54, 1.807) is 14.2 Å². The number of hydrogen-bond donors (Lipinski definition) is 1. The molecular weight excluding hydrogens is 356 g/mol. The summed E-state index contributed by atoms with van der Waals surface area (Å²) in [5, 5.41) is 3.24. The lowest BCUT2D eigenvalue weighted by molar-refractivity contribution is -0.152. The van der Waals surface area contributed by atoms with Crippen LogP contribution in [0.2, 0.25) is 0 Å². The zero-order valence-corrected chi connectivity index (χ0v) is 16.3. The van der Waals surface area contributed by atoms with E-state index in [2.05, 4.69) is 22.3 Å². The van der Waals surface area contributed by atoms with Crippen molar-refractivity contribution in [3.05, 3.63) is 59.7 Å². The molecule has 0 aliphatic carbocycles. The second-order valence-corrected chi connectivity index (χ2v) is 7.31. The molecule has 2 aromatic rings. The fraction of sp³-hybridized carbons (Fsp3) is 0.409. The van der Waals surface area contributed by atoms with Gasteiger partial charge in [-0.15, -0.1) is 0 Å². The van der Waals surface area contributed by atoms with Crippen molar-refractivity contribution >= 4 is 5.91 Å². The minimum absolute atomic E-state index is 0.0556. The molecule has 4 rings (SSSR count). The topological polar surface area (TPSA) is 60.0 Å². The van der Waals surface area contributed by atoms with Gasteiger partial charge in [-0.05, 0) is 24.1 Å². The van der Waals surface area contributed by atoms with Crippen molar-refractivity contribution in [2.75, 3.05) is 33.9 Å². The van der Waals surface area contributed by atoms with E-state index in [0.29, 0.717) is 6.54 Å². The number of carbonyl (C=O) groups is 1. The predicted octanol–water partition coefficient (Wildman–Crippen LogP) is 2.32. The van der Waals surface area contributed by atoms with Gasteiger partial charge in [0.05, 0.1) is 31.4 Å². The van der Waals surface area contributed by atoms with Crippen LogP contribution in [0.3, 0.4) is 0 Å². The maximum atomic E-state index is 12.2. The number of hydrogen-bond acceptors (Lipinski definition) is 5. The van der Waals surface area contributed by atoms with E-state index in [0.717, 1.165) is 42.1 Å².